The average Bonchev–Trinajstić information content (AvgIpc) is 2.40. The summed E-state index contributed by atoms with van der Waals surface area (Å²) in [5, 5.41) is 9.06. The number of hydrogen-bond acceptors (Lipinski definition) is 4. The van der Waals surface area contributed by atoms with Crippen molar-refractivity contribution in [1.82, 2.24) is 0 Å². The quantitative estimate of drug-likeness (QED) is 0.272. The molecule has 0 saturated carbocycles. The Morgan fingerprint density at radius 1 is 1.26 bits per heavy atom. The van der Waals surface area contributed by atoms with Crippen molar-refractivity contribution in [3.05, 3.63) is 12.7 Å². The van der Waals surface area contributed by atoms with Crippen LogP contribution >= 0.6 is 0 Å². The number of rotatable bonds is 11. The molecule has 0 bridgehead atoms. The predicted molar refractivity (Wildman–Crippen MR) is 75.7 cm³/mol. The van der Waals surface area contributed by atoms with Crippen molar-refractivity contribution < 1.29 is 19.4 Å². The summed E-state index contributed by atoms with van der Waals surface area (Å²) in [7, 11) is 0. The van der Waals surface area contributed by atoms with Crippen LogP contribution in [-0.4, -0.2) is 30.6 Å². The number of esters is 1. The molecule has 0 rings (SSSR count). The molecule has 0 aliphatic carbocycles. The van der Waals surface area contributed by atoms with Gasteiger partial charge < -0.3 is 14.6 Å². The third-order valence-corrected chi connectivity index (χ3v) is 3.20. The van der Waals surface area contributed by atoms with E-state index in [-0.39, 0.29) is 11.4 Å². The van der Waals surface area contributed by atoms with Crippen molar-refractivity contribution in [3.8, 4) is 0 Å². The molecule has 1 unspecified atom stereocenters. The molecule has 1 atom stereocenters. The van der Waals surface area contributed by atoms with E-state index < -0.39 is 6.29 Å². The van der Waals surface area contributed by atoms with Crippen LogP contribution in [0, 0.1) is 5.41 Å². The molecule has 0 aliphatic heterocycles. The lowest BCUT2D eigenvalue weighted by molar-refractivity contribution is -0.154. The van der Waals surface area contributed by atoms with Crippen molar-refractivity contribution in [2.75, 3.05) is 13.2 Å². The maximum atomic E-state index is 11.7. The SMILES string of the molecule is C=CC(O)OCCCCCCOC(=O)C(C)(C)CC. The zero-order valence-electron chi connectivity index (χ0n) is 12.5. The summed E-state index contributed by atoms with van der Waals surface area (Å²) in [6.07, 6.45) is 5.03. The fourth-order valence-corrected chi connectivity index (χ4v) is 1.33. The van der Waals surface area contributed by atoms with Gasteiger partial charge in [0, 0.05) is 0 Å². The fourth-order valence-electron chi connectivity index (χ4n) is 1.33. The zero-order valence-corrected chi connectivity index (χ0v) is 12.5. The Bertz CT molecular complexity index is 261. The maximum absolute atomic E-state index is 11.7. The van der Waals surface area contributed by atoms with E-state index in [1.807, 2.05) is 20.8 Å². The summed E-state index contributed by atoms with van der Waals surface area (Å²) in [4.78, 5) is 11.7. The van der Waals surface area contributed by atoms with E-state index in [4.69, 9.17) is 14.6 Å². The van der Waals surface area contributed by atoms with Crippen LogP contribution in [0.5, 0.6) is 0 Å². The van der Waals surface area contributed by atoms with E-state index in [0.29, 0.717) is 13.2 Å². The normalized spacial score (nSPS) is 13.1. The lowest BCUT2D eigenvalue weighted by Crippen LogP contribution is -2.26. The van der Waals surface area contributed by atoms with Gasteiger partial charge in [-0.2, -0.15) is 0 Å². The van der Waals surface area contributed by atoms with Gasteiger partial charge in [0.05, 0.1) is 18.6 Å². The maximum Gasteiger partial charge on any atom is 0.311 e. The first-order chi connectivity index (χ1) is 8.94. The highest BCUT2D eigenvalue weighted by molar-refractivity contribution is 5.75. The lowest BCUT2D eigenvalue weighted by Gasteiger charge is -2.20. The molecule has 0 amide bonds. The van der Waals surface area contributed by atoms with E-state index in [1.165, 1.54) is 6.08 Å². The molecular formula is C15H28O4. The van der Waals surface area contributed by atoms with Crippen LogP contribution in [0.1, 0.15) is 52.9 Å². The van der Waals surface area contributed by atoms with E-state index in [2.05, 4.69) is 6.58 Å². The molecule has 0 saturated heterocycles. The van der Waals surface area contributed by atoms with Crippen molar-refractivity contribution in [3.63, 3.8) is 0 Å². The predicted octanol–water partition coefficient (Wildman–Crippen LogP) is 3.05. The van der Waals surface area contributed by atoms with Gasteiger partial charge >= 0.3 is 5.97 Å². The number of aliphatic hydroxyl groups excluding tert-OH is 1. The highest BCUT2D eigenvalue weighted by atomic mass is 16.6. The summed E-state index contributed by atoms with van der Waals surface area (Å²) >= 11 is 0. The minimum Gasteiger partial charge on any atom is -0.465 e. The molecule has 0 spiro atoms. The summed E-state index contributed by atoms with van der Waals surface area (Å²) in [6, 6.07) is 0. The van der Waals surface area contributed by atoms with E-state index in [1.54, 1.807) is 0 Å². The van der Waals surface area contributed by atoms with Gasteiger partial charge in [-0.3, -0.25) is 4.79 Å². The van der Waals surface area contributed by atoms with Crippen LogP contribution in [0.25, 0.3) is 0 Å². The molecule has 1 N–H and O–H groups in total. The van der Waals surface area contributed by atoms with Gasteiger partial charge in [0.2, 0.25) is 0 Å². The molecule has 112 valence electrons. The van der Waals surface area contributed by atoms with Gasteiger partial charge in [0.25, 0.3) is 0 Å². The number of ether oxygens (including phenoxy) is 2. The zero-order chi connectivity index (χ0) is 14.7. The number of aliphatic hydroxyl groups is 1. The van der Waals surface area contributed by atoms with Crippen LogP contribution < -0.4 is 0 Å². The third-order valence-electron chi connectivity index (χ3n) is 3.20. The topological polar surface area (TPSA) is 55.8 Å². The molecule has 19 heavy (non-hydrogen) atoms. The molecule has 4 nitrogen and oxygen atoms in total. The first-order valence-corrected chi connectivity index (χ1v) is 7.03. The van der Waals surface area contributed by atoms with Crippen LogP contribution in [0.15, 0.2) is 12.7 Å². The molecule has 0 aromatic rings. The van der Waals surface area contributed by atoms with Gasteiger partial charge in [0.1, 0.15) is 0 Å². The summed E-state index contributed by atoms with van der Waals surface area (Å²) in [5.74, 6) is -0.118. The molecule has 0 aromatic heterocycles. The van der Waals surface area contributed by atoms with Gasteiger partial charge in [0.15, 0.2) is 6.29 Å². The number of carbonyl (C=O) groups is 1. The molecule has 0 aromatic carbocycles. The summed E-state index contributed by atoms with van der Waals surface area (Å²) in [5.41, 5.74) is -0.380. The highest BCUT2D eigenvalue weighted by Gasteiger charge is 2.26. The highest BCUT2D eigenvalue weighted by Crippen LogP contribution is 2.21. The molecule has 0 fully saturated rings. The lowest BCUT2D eigenvalue weighted by atomic mass is 9.91. The molecular weight excluding hydrogens is 244 g/mol. The monoisotopic (exact) mass is 272 g/mol. The standard InChI is InChI=1S/C15H28O4/c1-5-13(16)18-11-9-7-8-10-12-19-14(17)15(3,4)6-2/h5,13,16H,1,6-12H2,2-4H3. The smallest absolute Gasteiger partial charge is 0.311 e. The van der Waals surface area contributed by atoms with Crippen LogP contribution in [-0.2, 0) is 14.3 Å². The average molecular weight is 272 g/mol. The minimum atomic E-state index is -0.864. The van der Waals surface area contributed by atoms with Gasteiger partial charge in [-0.15, -0.1) is 0 Å². The molecule has 0 radical (unpaired) electrons. The molecule has 0 aliphatic rings. The number of hydrogen-bond donors (Lipinski definition) is 1. The van der Waals surface area contributed by atoms with Crippen molar-refractivity contribution in [1.29, 1.82) is 0 Å². The van der Waals surface area contributed by atoms with Gasteiger partial charge in [-0.1, -0.05) is 19.9 Å². The number of unbranched alkanes of at least 4 members (excludes halogenated alkanes) is 3. The Labute approximate surface area is 116 Å². The van der Waals surface area contributed by atoms with Crippen LogP contribution in [0.2, 0.25) is 0 Å². The fraction of sp³-hybridized carbons (Fsp3) is 0.800. The van der Waals surface area contributed by atoms with Gasteiger partial charge in [-0.25, -0.2) is 0 Å². The first kappa shape index (κ1) is 18.1. The van der Waals surface area contributed by atoms with Gasteiger partial charge in [-0.05, 0) is 45.6 Å². The third kappa shape index (κ3) is 8.78. The Kier molecular flexibility index (Phi) is 9.53. The van der Waals surface area contributed by atoms with Crippen LogP contribution in [0.3, 0.4) is 0 Å². The molecule has 0 heterocycles. The Balaban J connectivity index is 3.41. The second kappa shape index (κ2) is 9.98. The minimum absolute atomic E-state index is 0.118. The second-order valence-electron chi connectivity index (χ2n) is 5.28. The second-order valence-corrected chi connectivity index (χ2v) is 5.28. The van der Waals surface area contributed by atoms with E-state index in [0.717, 1.165) is 32.1 Å². The Morgan fingerprint density at radius 2 is 1.84 bits per heavy atom. The Morgan fingerprint density at radius 3 is 2.37 bits per heavy atom. The van der Waals surface area contributed by atoms with Crippen molar-refractivity contribution in [2.24, 2.45) is 5.41 Å². The van der Waals surface area contributed by atoms with E-state index >= 15 is 0 Å². The largest absolute Gasteiger partial charge is 0.465 e. The van der Waals surface area contributed by atoms with Crippen LogP contribution in [0.4, 0.5) is 0 Å². The summed E-state index contributed by atoms with van der Waals surface area (Å²) < 4.78 is 10.3. The summed E-state index contributed by atoms with van der Waals surface area (Å²) in [6.45, 7) is 10.2. The molecule has 4 heteroatoms. The van der Waals surface area contributed by atoms with E-state index in [9.17, 15) is 4.79 Å². The number of carbonyl (C=O) groups excluding carboxylic acids is 1. The first-order valence-electron chi connectivity index (χ1n) is 7.03. The van der Waals surface area contributed by atoms with Crippen molar-refractivity contribution in [2.45, 2.75) is 59.2 Å². The van der Waals surface area contributed by atoms with Crippen molar-refractivity contribution >= 4 is 5.97 Å². The Hall–Kier alpha value is -0.870.